The van der Waals surface area contributed by atoms with Crippen LogP contribution < -0.4 is 5.32 Å². The van der Waals surface area contributed by atoms with Gasteiger partial charge in [-0.05, 0) is 54.5 Å². The standard InChI is InChI=1S/C18H16ClNO3/c1-12-11-15(19)8-9-16(12)20-17(21)10-5-13-3-6-14(7-4-13)18(22)23-2/h3-11H,1-2H3,(H,20,21)/b10-5+. The summed E-state index contributed by atoms with van der Waals surface area (Å²) >= 11 is 5.88. The van der Waals surface area contributed by atoms with Crippen LogP contribution in [-0.2, 0) is 9.53 Å². The first-order chi connectivity index (χ1) is 11.0. The minimum absolute atomic E-state index is 0.243. The number of amides is 1. The van der Waals surface area contributed by atoms with Gasteiger partial charge in [-0.15, -0.1) is 0 Å². The molecule has 0 aromatic heterocycles. The molecule has 0 heterocycles. The van der Waals surface area contributed by atoms with Crippen LogP contribution in [0.3, 0.4) is 0 Å². The first-order valence-electron chi connectivity index (χ1n) is 6.93. The predicted molar refractivity (Wildman–Crippen MR) is 91.6 cm³/mol. The maximum atomic E-state index is 11.9. The molecular formula is C18H16ClNO3. The van der Waals surface area contributed by atoms with E-state index in [9.17, 15) is 9.59 Å². The topological polar surface area (TPSA) is 55.4 Å². The molecule has 0 atom stereocenters. The lowest BCUT2D eigenvalue weighted by molar-refractivity contribution is -0.111. The van der Waals surface area contributed by atoms with Crippen molar-refractivity contribution in [2.75, 3.05) is 12.4 Å². The predicted octanol–water partition coefficient (Wildman–Crippen LogP) is 4.09. The highest BCUT2D eigenvalue weighted by molar-refractivity contribution is 6.30. The lowest BCUT2D eigenvalue weighted by atomic mass is 10.1. The summed E-state index contributed by atoms with van der Waals surface area (Å²) in [6, 6.07) is 12.0. The average Bonchev–Trinajstić information content (AvgIpc) is 2.55. The van der Waals surface area contributed by atoms with E-state index < -0.39 is 5.97 Å². The molecule has 4 nitrogen and oxygen atoms in total. The van der Waals surface area contributed by atoms with Crippen LogP contribution in [-0.4, -0.2) is 19.0 Å². The number of carbonyl (C=O) groups excluding carboxylic acids is 2. The second kappa shape index (κ2) is 7.61. The molecule has 23 heavy (non-hydrogen) atoms. The lowest BCUT2D eigenvalue weighted by Crippen LogP contribution is -2.08. The van der Waals surface area contributed by atoms with E-state index in [1.807, 2.05) is 6.92 Å². The highest BCUT2D eigenvalue weighted by atomic mass is 35.5. The molecule has 2 aromatic carbocycles. The normalized spacial score (nSPS) is 10.6. The fourth-order valence-electron chi connectivity index (χ4n) is 1.96. The van der Waals surface area contributed by atoms with Gasteiger partial charge in [-0.25, -0.2) is 4.79 Å². The first-order valence-corrected chi connectivity index (χ1v) is 7.31. The molecule has 2 aromatic rings. The van der Waals surface area contributed by atoms with Gasteiger partial charge in [0.25, 0.3) is 0 Å². The third kappa shape index (κ3) is 4.69. The van der Waals surface area contributed by atoms with Crippen LogP contribution in [0.25, 0.3) is 6.08 Å². The number of halogens is 1. The number of nitrogens with one attached hydrogen (secondary N) is 1. The molecule has 2 rings (SSSR count). The molecule has 0 fully saturated rings. The van der Waals surface area contributed by atoms with Crippen LogP contribution >= 0.6 is 11.6 Å². The van der Waals surface area contributed by atoms with E-state index in [0.29, 0.717) is 16.3 Å². The number of benzene rings is 2. The second-order valence-electron chi connectivity index (χ2n) is 4.90. The van der Waals surface area contributed by atoms with Crippen LogP contribution in [0.5, 0.6) is 0 Å². The number of hydrogen-bond acceptors (Lipinski definition) is 3. The number of hydrogen-bond donors (Lipinski definition) is 1. The number of carbonyl (C=O) groups is 2. The van der Waals surface area contributed by atoms with Gasteiger partial charge >= 0.3 is 5.97 Å². The summed E-state index contributed by atoms with van der Waals surface area (Å²) in [5.74, 6) is -0.635. The molecule has 0 aliphatic rings. The van der Waals surface area contributed by atoms with E-state index >= 15 is 0 Å². The number of rotatable bonds is 4. The molecule has 0 spiro atoms. The summed E-state index contributed by atoms with van der Waals surface area (Å²) in [5.41, 5.74) is 2.87. The van der Waals surface area contributed by atoms with Gasteiger partial charge in [0.2, 0.25) is 5.91 Å². The molecule has 118 valence electrons. The summed E-state index contributed by atoms with van der Waals surface area (Å²) in [6.45, 7) is 1.87. The Morgan fingerprint density at radius 1 is 1.13 bits per heavy atom. The molecule has 1 amide bonds. The SMILES string of the molecule is COC(=O)c1ccc(/C=C/C(=O)Nc2ccc(Cl)cc2C)cc1. The quantitative estimate of drug-likeness (QED) is 0.679. The average molecular weight is 330 g/mol. The molecule has 5 heteroatoms. The van der Waals surface area contributed by atoms with Crippen LogP contribution in [0.15, 0.2) is 48.5 Å². The van der Waals surface area contributed by atoms with Crippen molar-refractivity contribution in [3.05, 3.63) is 70.3 Å². The summed E-state index contributed by atoms with van der Waals surface area (Å²) in [5, 5.41) is 3.41. The van der Waals surface area contributed by atoms with Gasteiger partial charge in [0, 0.05) is 16.8 Å². The van der Waals surface area contributed by atoms with Crippen LogP contribution in [0.1, 0.15) is 21.5 Å². The van der Waals surface area contributed by atoms with Gasteiger partial charge in [0.05, 0.1) is 12.7 Å². The minimum Gasteiger partial charge on any atom is -0.465 e. The van der Waals surface area contributed by atoms with Crippen molar-refractivity contribution in [1.82, 2.24) is 0 Å². The van der Waals surface area contributed by atoms with Crippen LogP contribution in [0.2, 0.25) is 5.02 Å². The zero-order valence-electron chi connectivity index (χ0n) is 12.8. The second-order valence-corrected chi connectivity index (χ2v) is 5.33. The van der Waals surface area contributed by atoms with Crippen molar-refractivity contribution < 1.29 is 14.3 Å². The third-order valence-electron chi connectivity index (χ3n) is 3.21. The molecule has 0 aliphatic heterocycles. The van der Waals surface area contributed by atoms with Crippen LogP contribution in [0, 0.1) is 6.92 Å². The number of methoxy groups -OCH3 is 1. The molecule has 0 saturated heterocycles. The molecular weight excluding hydrogens is 314 g/mol. The minimum atomic E-state index is -0.392. The maximum Gasteiger partial charge on any atom is 0.337 e. The van der Waals surface area contributed by atoms with E-state index in [1.54, 1.807) is 48.5 Å². The monoisotopic (exact) mass is 329 g/mol. The van der Waals surface area contributed by atoms with Gasteiger partial charge in [0.1, 0.15) is 0 Å². The van der Waals surface area contributed by atoms with Gasteiger partial charge < -0.3 is 10.1 Å². The summed E-state index contributed by atoms with van der Waals surface area (Å²) in [6.07, 6.45) is 3.10. The Balaban J connectivity index is 2.02. The zero-order chi connectivity index (χ0) is 16.8. The number of aryl methyl sites for hydroxylation is 1. The lowest BCUT2D eigenvalue weighted by Gasteiger charge is -2.06. The highest BCUT2D eigenvalue weighted by Gasteiger charge is 2.04. The van der Waals surface area contributed by atoms with Crippen molar-refractivity contribution >= 4 is 35.2 Å². The van der Waals surface area contributed by atoms with Gasteiger partial charge in [-0.3, -0.25) is 4.79 Å². The van der Waals surface area contributed by atoms with E-state index in [0.717, 1.165) is 11.1 Å². The van der Waals surface area contributed by atoms with Crippen molar-refractivity contribution in [2.24, 2.45) is 0 Å². The number of anilines is 1. The van der Waals surface area contributed by atoms with Gasteiger partial charge in [-0.1, -0.05) is 23.7 Å². The first kappa shape index (κ1) is 16.8. The van der Waals surface area contributed by atoms with E-state index in [1.165, 1.54) is 13.2 Å². The third-order valence-corrected chi connectivity index (χ3v) is 3.44. The zero-order valence-corrected chi connectivity index (χ0v) is 13.6. The Morgan fingerprint density at radius 3 is 2.43 bits per heavy atom. The van der Waals surface area contributed by atoms with Gasteiger partial charge in [0.15, 0.2) is 0 Å². The Labute approximate surface area is 139 Å². The van der Waals surface area contributed by atoms with E-state index in [4.69, 9.17) is 11.6 Å². The summed E-state index contributed by atoms with van der Waals surface area (Å²) < 4.78 is 4.63. The summed E-state index contributed by atoms with van der Waals surface area (Å²) in [7, 11) is 1.33. The molecule has 0 bridgehead atoms. The molecule has 0 radical (unpaired) electrons. The fourth-order valence-corrected chi connectivity index (χ4v) is 2.19. The summed E-state index contributed by atoms with van der Waals surface area (Å²) in [4.78, 5) is 23.3. The highest BCUT2D eigenvalue weighted by Crippen LogP contribution is 2.19. The van der Waals surface area contributed by atoms with Gasteiger partial charge in [-0.2, -0.15) is 0 Å². The maximum absolute atomic E-state index is 11.9. The van der Waals surface area contributed by atoms with E-state index in [-0.39, 0.29) is 5.91 Å². The van der Waals surface area contributed by atoms with Crippen molar-refractivity contribution in [2.45, 2.75) is 6.92 Å². The van der Waals surface area contributed by atoms with Crippen molar-refractivity contribution in [1.29, 1.82) is 0 Å². The van der Waals surface area contributed by atoms with Crippen molar-refractivity contribution in [3.8, 4) is 0 Å². The van der Waals surface area contributed by atoms with Crippen molar-refractivity contribution in [3.63, 3.8) is 0 Å². The molecule has 0 aliphatic carbocycles. The molecule has 1 N–H and O–H groups in total. The Hall–Kier alpha value is -2.59. The number of ether oxygens (including phenoxy) is 1. The number of esters is 1. The smallest absolute Gasteiger partial charge is 0.337 e. The largest absolute Gasteiger partial charge is 0.465 e. The Kier molecular flexibility index (Phi) is 5.55. The van der Waals surface area contributed by atoms with E-state index in [2.05, 4.69) is 10.1 Å². The molecule has 0 unspecified atom stereocenters. The Bertz CT molecular complexity index is 751. The Morgan fingerprint density at radius 2 is 1.83 bits per heavy atom. The fraction of sp³-hybridized carbons (Fsp3) is 0.111. The molecule has 0 saturated carbocycles. The van der Waals surface area contributed by atoms with Crippen LogP contribution in [0.4, 0.5) is 5.69 Å².